The van der Waals surface area contributed by atoms with Gasteiger partial charge in [0.2, 0.25) is 0 Å². The van der Waals surface area contributed by atoms with E-state index in [-0.39, 0.29) is 0 Å². The molecular formula is C16H25N3O3. The zero-order valence-electron chi connectivity index (χ0n) is 13.7. The van der Waals surface area contributed by atoms with E-state index in [9.17, 15) is 4.79 Å². The Morgan fingerprint density at radius 3 is 2.55 bits per heavy atom. The molecule has 0 bridgehead atoms. The molecule has 0 spiro atoms. The Hall–Kier alpha value is -1.95. The summed E-state index contributed by atoms with van der Waals surface area (Å²) in [4.78, 5) is 14.1. The predicted octanol–water partition coefficient (Wildman–Crippen LogP) is 2.45. The summed E-state index contributed by atoms with van der Waals surface area (Å²) in [6.45, 7) is 9.21. The number of hydrogen-bond acceptors (Lipinski definition) is 5. The first kappa shape index (κ1) is 16.4. The number of nitrogens with one attached hydrogen (secondary N) is 2. The van der Waals surface area contributed by atoms with Crippen LogP contribution in [0.5, 0.6) is 5.75 Å². The molecule has 0 saturated carbocycles. The zero-order chi connectivity index (χ0) is 16.2. The number of benzene rings is 1. The number of hydrogen-bond donors (Lipinski definition) is 2. The van der Waals surface area contributed by atoms with Crippen LogP contribution >= 0.6 is 0 Å². The average molecular weight is 307 g/mol. The van der Waals surface area contributed by atoms with Crippen molar-refractivity contribution in [2.24, 2.45) is 0 Å². The van der Waals surface area contributed by atoms with Gasteiger partial charge in [-0.3, -0.25) is 5.32 Å². The van der Waals surface area contributed by atoms with Crippen LogP contribution in [-0.4, -0.2) is 45.0 Å². The molecule has 0 atom stereocenters. The summed E-state index contributed by atoms with van der Waals surface area (Å²) in [6.07, 6.45) is -0.455. The van der Waals surface area contributed by atoms with Crippen molar-refractivity contribution in [2.45, 2.75) is 26.4 Å². The standard InChI is InChI=1S/C16H25N3O3/c1-16(2,3)22-15(20)18-12-5-6-14(21-4)13(11-12)19-9-7-17-8-10-19/h5-6,11,17H,7-10H2,1-4H3,(H,18,20). The van der Waals surface area contributed by atoms with E-state index >= 15 is 0 Å². The van der Waals surface area contributed by atoms with Gasteiger partial charge in [-0.1, -0.05) is 0 Å². The molecule has 6 heteroatoms. The van der Waals surface area contributed by atoms with Gasteiger partial charge in [0.25, 0.3) is 0 Å². The highest BCUT2D eigenvalue weighted by Crippen LogP contribution is 2.31. The Kier molecular flexibility index (Phi) is 5.13. The monoisotopic (exact) mass is 307 g/mol. The number of ether oxygens (including phenoxy) is 2. The number of carbonyl (C=O) groups is 1. The van der Waals surface area contributed by atoms with Gasteiger partial charge in [0.15, 0.2) is 0 Å². The van der Waals surface area contributed by atoms with Crippen molar-refractivity contribution in [1.82, 2.24) is 5.32 Å². The maximum absolute atomic E-state index is 11.9. The molecule has 2 N–H and O–H groups in total. The number of amides is 1. The third-order valence-electron chi connectivity index (χ3n) is 3.28. The van der Waals surface area contributed by atoms with Gasteiger partial charge < -0.3 is 19.7 Å². The van der Waals surface area contributed by atoms with Crippen molar-refractivity contribution in [3.63, 3.8) is 0 Å². The number of carbonyl (C=O) groups excluding carboxylic acids is 1. The fourth-order valence-corrected chi connectivity index (χ4v) is 2.34. The SMILES string of the molecule is COc1ccc(NC(=O)OC(C)(C)C)cc1N1CCNCC1. The summed E-state index contributed by atoms with van der Waals surface area (Å²) in [7, 11) is 1.65. The Labute approximate surface area is 131 Å². The highest BCUT2D eigenvalue weighted by Gasteiger charge is 2.18. The largest absolute Gasteiger partial charge is 0.495 e. The van der Waals surface area contributed by atoms with E-state index in [1.165, 1.54) is 0 Å². The van der Waals surface area contributed by atoms with Gasteiger partial charge in [0, 0.05) is 31.9 Å². The van der Waals surface area contributed by atoms with E-state index < -0.39 is 11.7 Å². The minimum Gasteiger partial charge on any atom is -0.495 e. The second kappa shape index (κ2) is 6.87. The molecular weight excluding hydrogens is 282 g/mol. The van der Waals surface area contributed by atoms with Gasteiger partial charge >= 0.3 is 6.09 Å². The van der Waals surface area contributed by atoms with E-state index in [0.29, 0.717) is 5.69 Å². The van der Waals surface area contributed by atoms with Crippen LogP contribution < -0.4 is 20.3 Å². The lowest BCUT2D eigenvalue weighted by atomic mass is 10.2. The Bertz CT molecular complexity index is 520. The molecule has 1 fully saturated rings. The normalized spacial score (nSPS) is 15.4. The lowest BCUT2D eigenvalue weighted by Crippen LogP contribution is -2.43. The second-order valence-corrected chi connectivity index (χ2v) is 6.25. The minimum absolute atomic E-state index is 0.455. The second-order valence-electron chi connectivity index (χ2n) is 6.25. The van der Waals surface area contributed by atoms with Crippen LogP contribution in [0.3, 0.4) is 0 Å². The minimum atomic E-state index is -0.516. The van der Waals surface area contributed by atoms with Crippen molar-refractivity contribution in [2.75, 3.05) is 43.5 Å². The molecule has 22 heavy (non-hydrogen) atoms. The molecule has 122 valence electrons. The van der Waals surface area contributed by atoms with Gasteiger partial charge in [0.05, 0.1) is 12.8 Å². The summed E-state index contributed by atoms with van der Waals surface area (Å²) in [5.74, 6) is 0.802. The van der Waals surface area contributed by atoms with E-state index in [0.717, 1.165) is 37.6 Å². The molecule has 1 aromatic carbocycles. The van der Waals surface area contributed by atoms with E-state index in [1.54, 1.807) is 7.11 Å². The van der Waals surface area contributed by atoms with Gasteiger partial charge in [0.1, 0.15) is 11.4 Å². The number of nitrogens with zero attached hydrogens (tertiary/aromatic N) is 1. The number of methoxy groups -OCH3 is 1. The molecule has 0 aromatic heterocycles. The van der Waals surface area contributed by atoms with E-state index in [4.69, 9.17) is 9.47 Å². The van der Waals surface area contributed by atoms with Crippen molar-refractivity contribution in [3.8, 4) is 5.75 Å². The Balaban J connectivity index is 2.14. The Morgan fingerprint density at radius 2 is 1.95 bits per heavy atom. The summed E-state index contributed by atoms with van der Waals surface area (Å²) in [5.41, 5.74) is 1.17. The number of piperazine rings is 1. The summed E-state index contributed by atoms with van der Waals surface area (Å²) in [5, 5.41) is 6.09. The van der Waals surface area contributed by atoms with Gasteiger partial charge in [-0.15, -0.1) is 0 Å². The van der Waals surface area contributed by atoms with Crippen molar-refractivity contribution in [3.05, 3.63) is 18.2 Å². The third-order valence-corrected chi connectivity index (χ3v) is 3.28. The molecule has 6 nitrogen and oxygen atoms in total. The summed E-state index contributed by atoms with van der Waals surface area (Å²) >= 11 is 0. The summed E-state index contributed by atoms with van der Waals surface area (Å²) in [6, 6.07) is 5.60. The first-order valence-corrected chi connectivity index (χ1v) is 7.53. The molecule has 0 unspecified atom stereocenters. The van der Waals surface area contributed by atoms with Crippen LogP contribution in [0.2, 0.25) is 0 Å². The lowest BCUT2D eigenvalue weighted by molar-refractivity contribution is 0.0636. The molecule has 2 rings (SSSR count). The molecule has 1 heterocycles. The number of anilines is 2. The molecule has 0 radical (unpaired) electrons. The van der Waals surface area contributed by atoms with Crippen LogP contribution in [0.25, 0.3) is 0 Å². The number of rotatable bonds is 3. The van der Waals surface area contributed by atoms with Gasteiger partial charge in [-0.05, 0) is 39.0 Å². The molecule has 1 amide bonds. The lowest BCUT2D eigenvalue weighted by Gasteiger charge is -2.31. The van der Waals surface area contributed by atoms with Crippen LogP contribution in [0.15, 0.2) is 18.2 Å². The molecule has 1 aromatic rings. The summed E-state index contributed by atoms with van der Waals surface area (Å²) < 4.78 is 10.7. The molecule has 0 aliphatic carbocycles. The zero-order valence-corrected chi connectivity index (χ0v) is 13.7. The molecule has 1 aliphatic heterocycles. The highest BCUT2D eigenvalue weighted by atomic mass is 16.6. The molecule has 1 saturated heterocycles. The van der Waals surface area contributed by atoms with Crippen LogP contribution in [-0.2, 0) is 4.74 Å². The maximum atomic E-state index is 11.9. The van der Waals surface area contributed by atoms with Crippen molar-refractivity contribution in [1.29, 1.82) is 0 Å². The Morgan fingerprint density at radius 1 is 1.27 bits per heavy atom. The van der Waals surface area contributed by atoms with Crippen molar-refractivity contribution >= 4 is 17.5 Å². The topological polar surface area (TPSA) is 62.8 Å². The van der Waals surface area contributed by atoms with E-state index in [1.807, 2.05) is 39.0 Å². The van der Waals surface area contributed by atoms with Crippen LogP contribution in [0, 0.1) is 0 Å². The third kappa shape index (κ3) is 4.53. The quantitative estimate of drug-likeness (QED) is 0.898. The average Bonchev–Trinajstić information content (AvgIpc) is 2.46. The van der Waals surface area contributed by atoms with Gasteiger partial charge in [-0.25, -0.2) is 4.79 Å². The van der Waals surface area contributed by atoms with Crippen molar-refractivity contribution < 1.29 is 14.3 Å². The smallest absolute Gasteiger partial charge is 0.412 e. The van der Waals surface area contributed by atoms with E-state index in [2.05, 4.69) is 15.5 Å². The maximum Gasteiger partial charge on any atom is 0.412 e. The fourth-order valence-electron chi connectivity index (χ4n) is 2.34. The first-order valence-electron chi connectivity index (χ1n) is 7.53. The van der Waals surface area contributed by atoms with Gasteiger partial charge in [-0.2, -0.15) is 0 Å². The predicted molar refractivity (Wildman–Crippen MR) is 87.9 cm³/mol. The highest BCUT2D eigenvalue weighted by molar-refractivity contribution is 5.86. The molecule has 1 aliphatic rings. The van der Waals surface area contributed by atoms with Crippen LogP contribution in [0.1, 0.15) is 20.8 Å². The van der Waals surface area contributed by atoms with Crippen LogP contribution in [0.4, 0.5) is 16.2 Å². The first-order chi connectivity index (χ1) is 10.4. The fraction of sp³-hybridized carbons (Fsp3) is 0.562.